The van der Waals surface area contributed by atoms with E-state index < -0.39 is 0 Å². The molecule has 1 amide bonds. The van der Waals surface area contributed by atoms with Gasteiger partial charge >= 0.3 is 0 Å². The molecule has 1 aromatic heterocycles. The van der Waals surface area contributed by atoms with E-state index in [0.29, 0.717) is 5.56 Å². The zero-order chi connectivity index (χ0) is 15.5. The molecule has 0 saturated carbocycles. The van der Waals surface area contributed by atoms with Gasteiger partial charge in [0.25, 0.3) is 5.91 Å². The summed E-state index contributed by atoms with van der Waals surface area (Å²) in [6, 6.07) is 16.1. The first-order valence-electron chi connectivity index (χ1n) is 7.64. The molecule has 0 fully saturated rings. The molecule has 112 valence electrons. The van der Waals surface area contributed by atoms with Crippen LogP contribution in [0.1, 0.15) is 41.4 Å². The van der Waals surface area contributed by atoms with E-state index in [0.717, 1.165) is 22.9 Å². The van der Waals surface area contributed by atoms with Gasteiger partial charge in [-0.15, -0.1) is 0 Å². The van der Waals surface area contributed by atoms with Gasteiger partial charge in [0.2, 0.25) is 0 Å². The molecule has 2 N–H and O–H groups in total. The normalized spacial score (nSPS) is 12.3. The molecule has 1 atom stereocenters. The first-order chi connectivity index (χ1) is 10.7. The van der Waals surface area contributed by atoms with Crippen LogP contribution in [0.2, 0.25) is 0 Å². The molecule has 2 aromatic carbocycles. The van der Waals surface area contributed by atoms with Crippen molar-refractivity contribution in [3.8, 4) is 0 Å². The monoisotopic (exact) mass is 292 g/mol. The molecular formula is C19H20N2O. The maximum absolute atomic E-state index is 12.4. The highest BCUT2D eigenvalue weighted by Crippen LogP contribution is 2.17. The topological polar surface area (TPSA) is 44.9 Å². The van der Waals surface area contributed by atoms with Crippen LogP contribution in [0.4, 0.5) is 0 Å². The van der Waals surface area contributed by atoms with Crippen molar-refractivity contribution in [3.05, 3.63) is 71.4 Å². The molecule has 1 heterocycles. The summed E-state index contributed by atoms with van der Waals surface area (Å²) in [4.78, 5) is 15.5. The SMILES string of the molecule is CCc1ccc(C(C)NC(=O)c2ccc3cc[nH]c3c2)cc1. The smallest absolute Gasteiger partial charge is 0.251 e. The summed E-state index contributed by atoms with van der Waals surface area (Å²) >= 11 is 0. The Morgan fingerprint density at radius 3 is 2.64 bits per heavy atom. The summed E-state index contributed by atoms with van der Waals surface area (Å²) < 4.78 is 0. The minimum absolute atomic E-state index is 0.0160. The third kappa shape index (κ3) is 2.89. The van der Waals surface area contributed by atoms with Gasteiger partial charge < -0.3 is 10.3 Å². The molecule has 0 aliphatic heterocycles. The molecular weight excluding hydrogens is 272 g/mol. The van der Waals surface area contributed by atoms with Gasteiger partial charge in [-0.2, -0.15) is 0 Å². The van der Waals surface area contributed by atoms with Crippen molar-refractivity contribution in [3.63, 3.8) is 0 Å². The first kappa shape index (κ1) is 14.4. The van der Waals surface area contributed by atoms with Crippen LogP contribution >= 0.6 is 0 Å². The number of fused-ring (bicyclic) bond motifs is 1. The number of hydrogen-bond donors (Lipinski definition) is 2. The van der Waals surface area contributed by atoms with Crippen molar-refractivity contribution in [2.24, 2.45) is 0 Å². The molecule has 3 heteroatoms. The number of aromatic amines is 1. The van der Waals surface area contributed by atoms with E-state index in [4.69, 9.17) is 0 Å². The zero-order valence-corrected chi connectivity index (χ0v) is 12.9. The number of amides is 1. The van der Waals surface area contributed by atoms with Crippen molar-refractivity contribution in [2.45, 2.75) is 26.3 Å². The average molecular weight is 292 g/mol. The molecule has 0 bridgehead atoms. The Morgan fingerprint density at radius 1 is 1.14 bits per heavy atom. The Bertz CT molecular complexity index is 787. The highest BCUT2D eigenvalue weighted by molar-refractivity contribution is 5.98. The summed E-state index contributed by atoms with van der Waals surface area (Å²) in [5.41, 5.74) is 4.07. The highest BCUT2D eigenvalue weighted by Gasteiger charge is 2.12. The molecule has 0 saturated heterocycles. The molecule has 0 spiro atoms. The molecule has 0 radical (unpaired) electrons. The number of rotatable bonds is 4. The number of benzene rings is 2. The highest BCUT2D eigenvalue weighted by atomic mass is 16.1. The molecule has 3 aromatic rings. The molecule has 0 aliphatic carbocycles. The Morgan fingerprint density at radius 2 is 1.91 bits per heavy atom. The van der Waals surface area contributed by atoms with Crippen LogP contribution in [-0.2, 0) is 6.42 Å². The summed E-state index contributed by atoms with van der Waals surface area (Å²) in [5.74, 6) is -0.0523. The van der Waals surface area contributed by atoms with E-state index in [2.05, 4.69) is 41.5 Å². The fraction of sp³-hybridized carbons (Fsp3) is 0.211. The lowest BCUT2D eigenvalue weighted by Crippen LogP contribution is -2.26. The van der Waals surface area contributed by atoms with Gasteiger partial charge in [-0.3, -0.25) is 4.79 Å². The van der Waals surface area contributed by atoms with Crippen molar-refractivity contribution in [1.29, 1.82) is 0 Å². The van der Waals surface area contributed by atoms with Crippen molar-refractivity contribution < 1.29 is 4.79 Å². The molecule has 0 aliphatic rings. The Hall–Kier alpha value is -2.55. The van der Waals surface area contributed by atoms with Crippen LogP contribution in [0.15, 0.2) is 54.7 Å². The molecule has 3 rings (SSSR count). The summed E-state index contributed by atoms with van der Waals surface area (Å²) in [5, 5.41) is 4.16. The van der Waals surface area contributed by atoms with E-state index in [-0.39, 0.29) is 11.9 Å². The van der Waals surface area contributed by atoms with E-state index >= 15 is 0 Å². The number of carbonyl (C=O) groups excluding carboxylic acids is 1. The first-order valence-corrected chi connectivity index (χ1v) is 7.64. The predicted octanol–water partition coefficient (Wildman–Crippen LogP) is 4.22. The van der Waals surface area contributed by atoms with Gasteiger partial charge in [0.05, 0.1) is 6.04 Å². The van der Waals surface area contributed by atoms with E-state index in [1.807, 2.05) is 37.4 Å². The summed E-state index contributed by atoms with van der Waals surface area (Å²) in [6.45, 7) is 4.14. The van der Waals surface area contributed by atoms with Crippen LogP contribution in [0, 0.1) is 0 Å². The van der Waals surface area contributed by atoms with E-state index in [9.17, 15) is 4.79 Å². The lowest BCUT2D eigenvalue weighted by atomic mass is 10.0. The molecule has 22 heavy (non-hydrogen) atoms. The second-order valence-electron chi connectivity index (χ2n) is 5.57. The Kier molecular flexibility index (Phi) is 3.96. The minimum Gasteiger partial charge on any atom is -0.361 e. The second-order valence-corrected chi connectivity index (χ2v) is 5.57. The quantitative estimate of drug-likeness (QED) is 0.743. The summed E-state index contributed by atoms with van der Waals surface area (Å²) in [6.07, 6.45) is 2.90. The number of H-pyrrole nitrogens is 1. The summed E-state index contributed by atoms with van der Waals surface area (Å²) in [7, 11) is 0. The predicted molar refractivity (Wildman–Crippen MR) is 90.0 cm³/mol. The lowest BCUT2D eigenvalue weighted by Gasteiger charge is -2.15. The number of carbonyl (C=O) groups is 1. The van der Waals surface area contributed by atoms with Gasteiger partial charge in [0, 0.05) is 17.3 Å². The standard InChI is InChI=1S/C19H20N2O/c1-3-14-4-6-15(7-5-14)13(2)21-19(22)17-9-8-16-10-11-20-18(16)12-17/h4-13,20H,3H2,1-2H3,(H,21,22). The zero-order valence-electron chi connectivity index (χ0n) is 12.9. The van der Waals surface area contributed by atoms with E-state index in [1.165, 1.54) is 5.56 Å². The largest absolute Gasteiger partial charge is 0.361 e. The third-order valence-corrected chi connectivity index (χ3v) is 4.05. The van der Waals surface area contributed by atoms with Gasteiger partial charge in [-0.1, -0.05) is 37.3 Å². The number of hydrogen-bond acceptors (Lipinski definition) is 1. The van der Waals surface area contributed by atoms with Crippen LogP contribution in [0.25, 0.3) is 10.9 Å². The van der Waals surface area contributed by atoms with Gasteiger partial charge in [-0.25, -0.2) is 0 Å². The van der Waals surface area contributed by atoms with E-state index in [1.54, 1.807) is 0 Å². The fourth-order valence-electron chi connectivity index (χ4n) is 2.59. The van der Waals surface area contributed by atoms with Gasteiger partial charge in [0.1, 0.15) is 0 Å². The van der Waals surface area contributed by atoms with Crippen LogP contribution in [0.3, 0.4) is 0 Å². The van der Waals surface area contributed by atoms with Crippen molar-refractivity contribution >= 4 is 16.8 Å². The number of nitrogens with one attached hydrogen (secondary N) is 2. The van der Waals surface area contributed by atoms with Crippen LogP contribution in [-0.4, -0.2) is 10.9 Å². The minimum atomic E-state index is -0.0523. The van der Waals surface area contributed by atoms with Gasteiger partial charge in [0.15, 0.2) is 0 Å². The van der Waals surface area contributed by atoms with Crippen molar-refractivity contribution in [2.75, 3.05) is 0 Å². The molecule has 1 unspecified atom stereocenters. The Labute approximate surface area is 130 Å². The maximum Gasteiger partial charge on any atom is 0.251 e. The van der Waals surface area contributed by atoms with Crippen LogP contribution < -0.4 is 5.32 Å². The number of aryl methyl sites for hydroxylation is 1. The third-order valence-electron chi connectivity index (χ3n) is 4.05. The van der Waals surface area contributed by atoms with Gasteiger partial charge in [-0.05, 0) is 48.1 Å². The maximum atomic E-state index is 12.4. The second kappa shape index (κ2) is 6.06. The van der Waals surface area contributed by atoms with Crippen LogP contribution in [0.5, 0.6) is 0 Å². The average Bonchev–Trinajstić information content (AvgIpc) is 3.02. The Balaban J connectivity index is 1.74. The lowest BCUT2D eigenvalue weighted by molar-refractivity contribution is 0.0940. The number of aromatic nitrogens is 1. The van der Waals surface area contributed by atoms with Crippen molar-refractivity contribution in [1.82, 2.24) is 10.3 Å². The molecule has 3 nitrogen and oxygen atoms in total. The fourth-order valence-corrected chi connectivity index (χ4v) is 2.59.